The Hall–Kier alpha value is -2.77. The first-order chi connectivity index (χ1) is 14.2. The number of alkyl carbamates (subject to hydrolysis) is 2. The van der Waals surface area contributed by atoms with E-state index in [0.717, 1.165) is 18.4 Å². The summed E-state index contributed by atoms with van der Waals surface area (Å²) in [5, 5.41) is 5.37. The van der Waals surface area contributed by atoms with Gasteiger partial charge in [0, 0.05) is 19.6 Å². The Kier molecular flexibility index (Phi) is 8.95. The number of hydrogen-bond donors (Lipinski definition) is 2. The summed E-state index contributed by atoms with van der Waals surface area (Å²) in [6.07, 6.45) is 1.72. The van der Waals surface area contributed by atoms with E-state index in [1.54, 1.807) is 25.7 Å². The fourth-order valence-electron chi connectivity index (χ4n) is 3.13. The van der Waals surface area contributed by atoms with Crippen molar-refractivity contribution in [1.29, 1.82) is 0 Å². The molecule has 1 aromatic rings. The van der Waals surface area contributed by atoms with Gasteiger partial charge in [-0.3, -0.25) is 4.79 Å². The van der Waals surface area contributed by atoms with Crippen LogP contribution in [0.1, 0.15) is 52.0 Å². The molecular formula is C22H33N3O5. The lowest BCUT2D eigenvalue weighted by Crippen LogP contribution is -2.48. The topological polar surface area (TPSA) is 97.0 Å². The lowest BCUT2D eigenvalue weighted by atomic mass is 10.1. The summed E-state index contributed by atoms with van der Waals surface area (Å²) in [7, 11) is 0. The van der Waals surface area contributed by atoms with Gasteiger partial charge >= 0.3 is 12.2 Å². The van der Waals surface area contributed by atoms with Gasteiger partial charge in [0.15, 0.2) is 0 Å². The molecule has 0 bridgehead atoms. The van der Waals surface area contributed by atoms with E-state index >= 15 is 0 Å². The van der Waals surface area contributed by atoms with Crippen molar-refractivity contribution in [2.45, 2.75) is 64.7 Å². The molecular weight excluding hydrogens is 386 g/mol. The van der Waals surface area contributed by atoms with E-state index in [0.29, 0.717) is 32.5 Å². The number of benzene rings is 1. The van der Waals surface area contributed by atoms with Gasteiger partial charge in [-0.15, -0.1) is 0 Å². The monoisotopic (exact) mass is 419 g/mol. The van der Waals surface area contributed by atoms with Crippen molar-refractivity contribution in [1.82, 2.24) is 15.5 Å². The third-order valence-corrected chi connectivity index (χ3v) is 4.56. The van der Waals surface area contributed by atoms with Crippen molar-refractivity contribution in [3.8, 4) is 0 Å². The first-order valence-corrected chi connectivity index (χ1v) is 10.5. The molecule has 166 valence electrons. The maximum absolute atomic E-state index is 12.8. The summed E-state index contributed by atoms with van der Waals surface area (Å²) in [6.45, 7) is 7.27. The van der Waals surface area contributed by atoms with Crippen LogP contribution in [0.25, 0.3) is 0 Å². The molecule has 30 heavy (non-hydrogen) atoms. The molecule has 1 heterocycles. The third-order valence-electron chi connectivity index (χ3n) is 4.56. The zero-order chi connectivity index (χ0) is 22.0. The fraction of sp³-hybridized carbons (Fsp3) is 0.591. The zero-order valence-electron chi connectivity index (χ0n) is 18.1. The second-order valence-corrected chi connectivity index (χ2v) is 8.36. The van der Waals surface area contributed by atoms with Crippen LogP contribution in [0.4, 0.5) is 9.59 Å². The van der Waals surface area contributed by atoms with Gasteiger partial charge < -0.3 is 25.0 Å². The first kappa shape index (κ1) is 23.5. The number of nitrogens with one attached hydrogen (secondary N) is 2. The quantitative estimate of drug-likeness (QED) is 0.631. The number of amides is 3. The number of carbonyl (C=O) groups excluding carboxylic acids is 3. The zero-order valence-corrected chi connectivity index (χ0v) is 18.1. The molecule has 8 heteroatoms. The van der Waals surface area contributed by atoms with Crippen LogP contribution in [0.15, 0.2) is 30.3 Å². The molecule has 1 aliphatic heterocycles. The van der Waals surface area contributed by atoms with Gasteiger partial charge in [0.05, 0.1) is 0 Å². The highest BCUT2D eigenvalue weighted by atomic mass is 16.6. The maximum Gasteiger partial charge on any atom is 0.408 e. The average molecular weight is 420 g/mol. The van der Waals surface area contributed by atoms with Crippen molar-refractivity contribution in [3.63, 3.8) is 0 Å². The summed E-state index contributed by atoms with van der Waals surface area (Å²) in [5.41, 5.74) is 0.305. The SMILES string of the molecule is CC(C)(C)OC(=O)NCCCC(NC(=O)OCc1ccccc1)C(=O)N1CCCC1. The number of carbonyl (C=O) groups is 3. The highest BCUT2D eigenvalue weighted by Crippen LogP contribution is 2.12. The minimum absolute atomic E-state index is 0.110. The second-order valence-electron chi connectivity index (χ2n) is 8.36. The van der Waals surface area contributed by atoms with Gasteiger partial charge in [-0.25, -0.2) is 9.59 Å². The number of likely N-dealkylation sites (tertiary alicyclic amines) is 1. The normalized spacial score (nSPS) is 14.7. The molecule has 0 radical (unpaired) electrons. The molecule has 1 aromatic carbocycles. The second kappa shape index (κ2) is 11.4. The van der Waals surface area contributed by atoms with E-state index < -0.39 is 23.8 Å². The summed E-state index contributed by atoms with van der Waals surface area (Å²) in [6, 6.07) is 8.67. The molecule has 1 unspecified atom stereocenters. The lowest BCUT2D eigenvalue weighted by Gasteiger charge is -2.24. The van der Waals surface area contributed by atoms with Crippen LogP contribution < -0.4 is 10.6 Å². The molecule has 0 saturated carbocycles. The molecule has 2 rings (SSSR count). The molecule has 1 saturated heterocycles. The van der Waals surface area contributed by atoms with Gasteiger partial charge in [-0.1, -0.05) is 30.3 Å². The summed E-state index contributed by atoms with van der Waals surface area (Å²) in [4.78, 5) is 38.6. The van der Waals surface area contributed by atoms with E-state index in [4.69, 9.17) is 9.47 Å². The van der Waals surface area contributed by atoms with Crippen LogP contribution in [0.5, 0.6) is 0 Å². The molecule has 1 fully saturated rings. The van der Waals surface area contributed by atoms with Gasteiger partial charge in [0.1, 0.15) is 18.2 Å². The highest BCUT2D eigenvalue weighted by Gasteiger charge is 2.28. The Morgan fingerprint density at radius 1 is 1.07 bits per heavy atom. The Morgan fingerprint density at radius 3 is 2.37 bits per heavy atom. The molecule has 0 aromatic heterocycles. The Bertz CT molecular complexity index is 696. The summed E-state index contributed by atoms with van der Waals surface area (Å²) in [5.74, 6) is -0.110. The van der Waals surface area contributed by atoms with Gasteiger partial charge in [-0.2, -0.15) is 0 Å². The van der Waals surface area contributed by atoms with Gasteiger partial charge in [0.25, 0.3) is 0 Å². The number of ether oxygens (including phenoxy) is 2. The number of nitrogens with zero attached hydrogens (tertiary/aromatic N) is 1. The van der Waals surface area contributed by atoms with Crippen molar-refractivity contribution >= 4 is 18.1 Å². The van der Waals surface area contributed by atoms with E-state index in [1.165, 1.54) is 0 Å². The fourth-order valence-corrected chi connectivity index (χ4v) is 3.13. The molecule has 1 aliphatic rings. The predicted molar refractivity (Wildman–Crippen MR) is 113 cm³/mol. The summed E-state index contributed by atoms with van der Waals surface area (Å²) < 4.78 is 10.5. The molecule has 0 spiro atoms. The van der Waals surface area contributed by atoms with E-state index in [1.807, 2.05) is 30.3 Å². The molecule has 8 nitrogen and oxygen atoms in total. The Balaban J connectivity index is 1.83. The molecule has 3 amide bonds. The van der Waals surface area contributed by atoms with Crippen molar-refractivity contribution < 1.29 is 23.9 Å². The van der Waals surface area contributed by atoms with E-state index in [-0.39, 0.29) is 12.5 Å². The van der Waals surface area contributed by atoms with Crippen LogP contribution in [0, 0.1) is 0 Å². The minimum atomic E-state index is -0.688. The maximum atomic E-state index is 12.8. The van der Waals surface area contributed by atoms with E-state index in [9.17, 15) is 14.4 Å². The highest BCUT2D eigenvalue weighted by molar-refractivity contribution is 5.85. The van der Waals surface area contributed by atoms with Crippen molar-refractivity contribution in [2.75, 3.05) is 19.6 Å². The van der Waals surface area contributed by atoms with Crippen molar-refractivity contribution in [2.24, 2.45) is 0 Å². The van der Waals surface area contributed by atoms with Crippen LogP contribution in [-0.4, -0.2) is 54.3 Å². The number of rotatable bonds is 8. The summed E-state index contributed by atoms with van der Waals surface area (Å²) >= 11 is 0. The van der Waals surface area contributed by atoms with Gasteiger partial charge in [0.2, 0.25) is 5.91 Å². The Morgan fingerprint density at radius 2 is 1.73 bits per heavy atom. The van der Waals surface area contributed by atoms with Crippen molar-refractivity contribution in [3.05, 3.63) is 35.9 Å². The Labute approximate surface area is 178 Å². The van der Waals surface area contributed by atoms with Crippen LogP contribution >= 0.6 is 0 Å². The molecule has 0 aliphatic carbocycles. The lowest BCUT2D eigenvalue weighted by molar-refractivity contribution is -0.132. The van der Waals surface area contributed by atoms with E-state index in [2.05, 4.69) is 10.6 Å². The number of hydrogen-bond acceptors (Lipinski definition) is 5. The first-order valence-electron chi connectivity index (χ1n) is 10.5. The molecule has 1 atom stereocenters. The largest absolute Gasteiger partial charge is 0.445 e. The molecule has 2 N–H and O–H groups in total. The smallest absolute Gasteiger partial charge is 0.408 e. The predicted octanol–water partition coefficient (Wildman–Crippen LogP) is 3.21. The van der Waals surface area contributed by atoms with Crippen LogP contribution in [0.3, 0.4) is 0 Å². The third kappa shape index (κ3) is 8.71. The van der Waals surface area contributed by atoms with Crippen LogP contribution in [-0.2, 0) is 20.9 Å². The van der Waals surface area contributed by atoms with Crippen LogP contribution in [0.2, 0.25) is 0 Å². The average Bonchev–Trinajstić information content (AvgIpc) is 3.22. The minimum Gasteiger partial charge on any atom is -0.445 e. The standard InChI is InChI=1S/C22H33N3O5/c1-22(2,3)30-20(27)23-13-9-12-18(19(26)25-14-7-8-15-25)24-21(28)29-16-17-10-5-4-6-11-17/h4-6,10-11,18H,7-9,12-16H2,1-3H3,(H,23,27)(H,24,28). The van der Waals surface area contributed by atoms with Gasteiger partial charge in [-0.05, 0) is 52.0 Å².